The van der Waals surface area contributed by atoms with Gasteiger partial charge in [-0.05, 0) is 80.7 Å². The minimum absolute atomic E-state index is 0.00286. The fourth-order valence-electron chi connectivity index (χ4n) is 5.33. The highest BCUT2D eigenvalue weighted by Gasteiger charge is 2.33. The average molecular weight is 612 g/mol. The Morgan fingerprint density at radius 2 is 1.85 bits per heavy atom. The van der Waals surface area contributed by atoms with Crippen molar-refractivity contribution in [1.82, 2.24) is 4.57 Å². The van der Waals surface area contributed by atoms with E-state index < -0.39 is 0 Å². The van der Waals surface area contributed by atoms with Gasteiger partial charge in [-0.2, -0.15) is 0 Å². The van der Waals surface area contributed by atoms with E-state index in [1.165, 1.54) is 32.9 Å². The molecule has 0 spiro atoms. The lowest BCUT2D eigenvalue weighted by molar-refractivity contribution is 0.304. The fourth-order valence-corrected chi connectivity index (χ4v) is 7.69. The summed E-state index contributed by atoms with van der Waals surface area (Å²) >= 11 is 6.81. The van der Waals surface area contributed by atoms with Crippen LogP contribution in [0, 0.1) is 0 Å². The summed E-state index contributed by atoms with van der Waals surface area (Å²) in [6, 6.07) is 28.6. The first-order valence-corrected chi connectivity index (χ1v) is 15.3. The van der Waals surface area contributed by atoms with Gasteiger partial charge in [-0.15, -0.1) is 11.3 Å². The van der Waals surface area contributed by atoms with Crippen molar-refractivity contribution < 1.29 is 4.74 Å². The molecule has 1 aliphatic heterocycles. The summed E-state index contributed by atoms with van der Waals surface area (Å²) in [5.41, 5.74) is 6.82. The third-order valence-electron chi connectivity index (χ3n) is 7.18. The van der Waals surface area contributed by atoms with E-state index in [4.69, 9.17) is 9.73 Å². The van der Waals surface area contributed by atoms with E-state index in [9.17, 15) is 4.79 Å². The number of allylic oxidation sites excluding steroid dienone is 1. The number of hydrogen-bond donors (Lipinski definition) is 0. The van der Waals surface area contributed by atoms with Crippen molar-refractivity contribution in [2.45, 2.75) is 25.5 Å². The Balaban J connectivity index is 1.29. The molecule has 0 N–H and O–H groups in total. The lowest BCUT2D eigenvalue weighted by Crippen LogP contribution is -2.38. The largest absolute Gasteiger partial charge is 0.488 e. The van der Waals surface area contributed by atoms with Crippen LogP contribution in [0.2, 0.25) is 0 Å². The summed E-state index contributed by atoms with van der Waals surface area (Å²) in [5, 5.41) is 2.08. The van der Waals surface area contributed by atoms with Gasteiger partial charge in [-0.25, -0.2) is 4.99 Å². The molecule has 2 aliphatic rings. The number of ether oxygens (including phenoxy) is 1. The zero-order valence-corrected chi connectivity index (χ0v) is 24.1. The average Bonchev–Trinajstić information content (AvgIpc) is 3.60. The van der Waals surface area contributed by atoms with Crippen LogP contribution in [0.25, 0.3) is 11.8 Å². The number of benzene rings is 3. The van der Waals surface area contributed by atoms with Crippen LogP contribution in [0.3, 0.4) is 0 Å². The van der Waals surface area contributed by atoms with E-state index in [0.29, 0.717) is 11.1 Å². The summed E-state index contributed by atoms with van der Waals surface area (Å²) in [5.74, 6) is 0.765. The molecular weight excluding hydrogens is 588 g/mol. The number of halogens is 1. The third kappa shape index (κ3) is 4.54. The molecule has 7 heteroatoms. The smallest absolute Gasteiger partial charge is 0.271 e. The lowest BCUT2D eigenvalue weighted by Gasteiger charge is -2.30. The van der Waals surface area contributed by atoms with Crippen LogP contribution in [0.1, 0.15) is 39.6 Å². The van der Waals surface area contributed by atoms with Crippen LogP contribution in [0.5, 0.6) is 5.75 Å². The summed E-state index contributed by atoms with van der Waals surface area (Å²) < 4.78 is 9.44. The number of thiazole rings is 1. The van der Waals surface area contributed by atoms with Crippen molar-refractivity contribution in [2.75, 3.05) is 0 Å². The number of aromatic nitrogens is 1. The molecule has 1 aliphatic carbocycles. The molecule has 2 aromatic heterocycles. The Hall–Kier alpha value is -3.52. The standard InChI is InChI=1S/C32H23BrN2O2S2/c33-25-17-21(12-15-26(25)37-19-20-7-2-1-3-8-20)18-28-31(36)35-30(27-11-6-16-38-27)24-14-13-22-9-4-5-10-23(22)29(24)34-32(35)39-28/h1-12,15-18,30H,13-14,19H2/b28-18-. The Kier molecular flexibility index (Phi) is 6.43. The molecular formula is C32H23BrN2O2S2. The van der Waals surface area contributed by atoms with Crippen LogP contribution in [-0.2, 0) is 13.0 Å². The maximum atomic E-state index is 13.9. The van der Waals surface area contributed by atoms with Crippen molar-refractivity contribution >= 4 is 50.4 Å². The van der Waals surface area contributed by atoms with Gasteiger partial charge in [0.15, 0.2) is 4.80 Å². The molecule has 5 aromatic rings. The second-order valence-electron chi connectivity index (χ2n) is 9.59. The normalized spacial score (nSPS) is 16.3. The molecule has 3 heterocycles. The van der Waals surface area contributed by atoms with Gasteiger partial charge >= 0.3 is 0 Å². The first kappa shape index (κ1) is 24.5. The molecule has 0 bridgehead atoms. The molecule has 4 nitrogen and oxygen atoms in total. The minimum atomic E-state index is -0.118. The van der Waals surface area contributed by atoms with E-state index in [2.05, 4.69) is 57.7 Å². The summed E-state index contributed by atoms with van der Waals surface area (Å²) in [6.07, 6.45) is 3.82. The quantitative estimate of drug-likeness (QED) is 0.222. The van der Waals surface area contributed by atoms with Crippen molar-refractivity contribution in [2.24, 2.45) is 4.99 Å². The van der Waals surface area contributed by atoms with Crippen molar-refractivity contribution in [1.29, 1.82) is 0 Å². The fraction of sp³-hybridized carbons (Fsp3) is 0.125. The number of hydrogen-bond acceptors (Lipinski definition) is 5. The maximum Gasteiger partial charge on any atom is 0.271 e. The molecule has 0 saturated heterocycles. The summed E-state index contributed by atoms with van der Waals surface area (Å²) in [6.45, 7) is 0.494. The topological polar surface area (TPSA) is 43.6 Å². The molecule has 0 radical (unpaired) electrons. The first-order valence-electron chi connectivity index (χ1n) is 12.8. The number of rotatable bonds is 5. The van der Waals surface area contributed by atoms with Gasteiger partial charge in [-0.3, -0.25) is 9.36 Å². The Morgan fingerprint density at radius 1 is 1.00 bits per heavy atom. The van der Waals surface area contributed by atoms with Crippen molar-refractivity contribution in [3.8, 4) is 5.75 Å². The second kappa shape index (κ2) is 10.2. The van der Waals surface area contributed by atoms with Crippen molar-refractivity contribution in [3.63, 3.8) is 0 Å². The molecule has 1 unspecified atom stereocenters. The highest BCUT2D eigenvalue weighted by molar-refractivity contribution is 9.10. The SMILES string of the molecule is O=c1/c(=C/c2ccc(OCc3ccccc3)c(Br)c2)sc2n1C(c1cccs1)C1=C(N=2)c2ccccc2CC1. The highest BCUT2D eigenvalue weighted by atomic mass is 79.9. The van der Waals surface area contributed by atoms with Crippen LogP contribution in [0.4, 0.5) is 0 Å². The monoisotopic (exact) mass is 610 g/mol. The van der Waals surface area contributed by atoms with Gasteiger partial charge in [0.05, 0.1) is 20.7 Å². The predicted octanol–water partition coefficient (Wildman–Crippen LogP) is 6.72. The molecule has 39 heavy (non-hydrogen) atoms. The minimum Gasteiger partial charge on any atom is -0.488 e. The van der Waals surface area contributed by atoms with E-state index in [1.807, 2.05) is 59.2 Å². The second-order valence-corrected chi connectivity index (χ2v) is 12.4. The number of aryl methyl sites for hydroxylation is 1. The number of fused-ring (bicyclic) bond motifs is 3. The Morgan fingerprint density at radius 3 is 2.67 bits per heavy atom. The zero-order chi connectivity index (χ0) is 26.3. The Bertz CT molecular complexity index is 1900. The van der Waals surface area contributed by atoms with Gasteiger partial charge in [-0.1, -0.05) is 78.1 Å². The molecule has 192 valence electrons. The zero-order valence-electron chi connectivity index (χ0n) is 20.8. The van der Waals surface area contributed by atoms with Crippen LogP contribution >= 0.6 is 38.6 Å². The number of thiophene rings is 1. The lowest BCUT2D eigenvalue weighted by atomic mass is 9.85. The van der Waals surface area contributed by atoms with Gasteiger partial charge in [0.1, 0.15) is 12.4 Å². The summed E-state index contributed by atoms with van der Waals surface area (Å²) in [4.78, 5) is 20.9. The predicted molar refractivity (Wildman–Crippen MR) is 162 cm³/mol. The van der Waals surface area contributed by atoms with Gasteiger partial charge in [0, 0.05) is 10.4 Å². The molecule has 1 atom stereocenters. The van der Waals surface area contributed by atoms with Crippen molar-refractivity contribution in [3.05, 3.63) is 147 Å². The molecule has 7 rings (SSSR count). The third-order valence-corrected chi connectivity index (χ3v) is 9.70. The Labute approximate surface area is 242 Å². The van der Waals surface area contributed by atoms with Crippen LogP contribution < -0.4 is 19.6 Å². The van der Waals surface area contributed by atoms with E-state index in [1.54, 1.807) is 11.3 Å². The van der Waals surface area contributed by atoms with E-state index >= 15 is 0 Å². The molecule has 0 saturated carbocycles. The van der Waals surface area contributed by atoms with Gasteiger partial charge in [0.25, 0.3) is 5.56 Å². The van der Waals surface area contributed by atoms with Crippen LogP contribution in [-0.4, -0.2) is 4.57 Å². The van der Waals surface area contributed by atoms with Gasteiger partial charge < -0.3 is 4.74 Å². The van der Waals surface area contributed by atoms with Gasteiger partial charge in [0.2, 0.25) is 0 Å². The summed E-state index contributed by atoms with van der Waals surface area (Å²) in [7, 11) is 0. The first-order chi connectivity index (χ1) is 19.2. The maximum absolute atomic E-state index is 13.9. The molecule has 3 aromatic carbocycles. The highest BCUT2D eigenvalue weighted by Crippen LogP contribution is 2.42. The van der Waals surface area contributed by atoms with Crippen LogP contribution in [0.15, 0.2) is 110 Å². The molecule has 0 amide bonds. The number of nitrogens with zero attached hydrogens (tertiary/aromatic N) is 2. The van der Waals surface area contributed by atoms with E-state index in [-0.39, 0.29) is 11.6 Å². The molecule has 0 fully saturated rings. The van der Waals surface area contributed by atoms with E-state index in [0.717, 1.165) is 44.7 Å².